The van der Waals surface area contributed by atoms with Crippen LogP contribution in [-0.4, -0.2) is 55.5 Å². The molecule has 0 radical (unpaired) electrons. The van der Waals surface area contributed by atoms with E-state index in [0.717, 1.165) is 32.2 Å². The van der Waals surface area contributed by atoms with Crippen molar-refractivity contribution < 1.29 is 9.59 Å². The number of nitrogens with one attached hydrogen (secondary N) is 2. The summed E-state index contributed by atoms with van der Waals surface area (Å²) in [6, 6.07) is 8.34. The lowest BCUT2D eigenvalue weighted by molar-refractivity contribution is -0.133. The molecule has 1 aliphatic heterocycles. The molecule has 3 amide bonds. The molecule has 0 bridgehead atoms. The zero-order valence-corrected chi connectivity index (χ0v) is 21.3. The van der Waals surface area contributed by atoms with Crippen molar-refractivity contribution in [2.75, 3.05) is 18.4 Å². The van der Waals surface area contributed by atoms with E-state index in [2.05, 4.69) is 31.7 Å². The van der Waals surface area contributed by atoms with Crippen LogP contribution in [0.5, 0.6) is 0 Å². The highest BCUT2D eigenvalue weighted by Crippen LogP contribution is 2.32. The number of halogens is 2. The van der Waals surface area contributed by atoms with Crippen LogP contribution in [0, 0.1) is 17.2 Å². The van der Waals surface area contributed by atoms with Crippen molar-refractivity contribution in [1.82, 2.24) is 29.7 Å². The summed E-state index contributed by atoms with van der Waals surface area (Å²) in [4.78, 5) is 40.1. The number of hydrogen-bond acceptors (Lipinski definition) is 6. The van der Waals surface area contributed by atoms with Gasteiger partial charge < -0.3 is 10.2 Å². The average molecular weight is 539 g/mol. The number of piperidine rings is 1. The number of carbonyl (C=O) groups is 2. The summed E-state index contributed by atoms with van der Waals surface area (Å²) in [5.41, 5.74) is 1.30. The molecule has 3 aromatic rings. The van der Waals surface area contributed by atoms with Gasteiger partial charge in [-0.15, -0.1) is 0 Å². The first-order chi connectivity index (χ1) is 17.9. The van der Waals surface area contributed by atoms with Crippen molar-refractivity contribution in [1.29, 1.82) is 5.26 Å². The van der Waals surface area contributed by atoms with Crippen LogP contribution in [-0.2, 0) is 11.2 Å². The van der Waals surface area contributed by atoms with E-state index in [-0.39, 0.29) is 30.2 Å². The summed E-state index contributed by atoms with van der Waals surface area (Å²) in [7, 11) is 0. The average Bonchev–Trinajstić information content (AvgIpc) is 3.66. The molecule has 1 aliphatic carbocycles. The third kappa shape index (κ3) is 5.68. The monoisotopic (exact) mass is 538 g/mol. The Morgan fingerprint density at radius 3 is 2.73 bits per heavy atom. The Hall–Kier alpha value is -3.68. The number of hydrogen-bond donors (Lipinski definition) is 2. The van der Waals surface area contributed by atoms with Crippen molar-refractivity contribution in [2.24, 2.45) is 5.92 Å². The number of anilines is 1. The van der Waals surface area contributed by atoms with Gasteiger partial charge in [-0.1, -0.05) is 23.2 Å². The number of imidazole rings is 1. The summed E-state index contributed by atoms with van der Waals surface area (Å²) in [6.07, 6.45) is 6.77. The molecule has 10 nitrogen and oxygen atoms in total. The van der Waals surface area contributed by atoms with Crippen molar-refractivity contribution in [3.63, 3.8) is 0 Å². The lowest BCUT2D eigenvalue weighted by atomic mass is 10.1. The number of benzene rings is 1. The minimum Gasteiger partial charge on any atom is -0.340 e. The van der Waals surface area contributed by atoms with Crippen LogP contribution in [0.15, 0.2) is 36.7 Å². The molecule has 2 aromatic heterocycles. The van der Waals surface area contributed by atoms with Gasteiger partial charge in [-0.25, -0.2) is 14.8 Å². The lowest BCUT2D eigenvalue weighted by Crippen LogP contribution is -2.51. The summed E-state index contributed by atoms with van der Waals surface area (Å²) >= 11 is 12.3. The number of urea groups is 1. The number of amides is 3. The van der Waals surface area contributed by atoms with E-state index in [1.807, 2.05) is 4.90 Å². The predicted octanol–water partition coefficient (Wildman–Crippen LogP) is 4.22. The van der Waals surface area contributed by atoms with Gasteiger partial charge in [0.25, 0.3) is 0 Å². The van der Waals surface area contributed by atoms with Crippen LogP contribution >= 0.6 is 23.2 Å². The van der Waals surface area contributed by atoms with E-state index in [1.165, 1.54) is 6.20 Å². The third-order valence-electron chi connectivity index (χ3n) is 6.36. The molecule has 0 spiro atoms. The standard InChI is InChI=1S/C25H24Cl2N8O2/c26-19-6-5-16(12-20(19)27)22-30-13-18(7-9-28)35(22)21-8-10-29-24(32-21)33-25(37)31-17-2-1-11-34(14-17)23(36)15-3-4-15/h5-6,8,10,12-13,15,17H,1-4,7,11,14H2,(H2,29,31,32,33,37). The maximum Gasteiger partial charge on any atom is 0.321 e. The van der Waals surface area contributed by atoms with E-state index >= 15 is 0 Å². The van der Waals surface area contributed by atoms with E-state index < -0.39 is 6.03 Å². The molecule has 2 aliphatic rings. The molecule has 1 atom stereocenters. The van der Waals surface area contributed by atoms with Crippen LogP contribution in [0.4, 0.5) is 10.7 Å². The summed E-state index contributed by atoms with van der Waals surface area (Å²) in [6.45, 7) is 1.24. The number of aromatic nitrogens is 4. The maximum absolute atomic E-state index is 12.7. The molecule has 2 N–H and O–H groups in total. The maximum atomic E-state index is 12.7. The molecule has 1 unspecified atom stereocenters. The molecule has 12 heteroatoms. The van der Waals surface area contributed by atoms with E-state index in [4.69, 9.17) is 23.2 Å². The molecule has 1 saturated carbocycles. The van der Waals surface area contributed by atoms with Crippen molar-refractivity contribution >= 4 is 41.1 Å². The summed E-state index contributed by atoms with van der Waals surface area (Å²) < 4.78 is 1.72. The SMILES string of the molecule is N#CCc1cnc(-c2ccc(Cl)c(Cl)c2)n1-c1ccnc(NC(=O)NC2CCCN(C(=O)C3CC3)C2)n1. The van der Waals surface area contributed by atoms with Crippen molar-refractivity contribution in [3.8, 4) is 23.3 Å². The molecular formula is C25H24Cl2N8O2. The zero-order valence-electron chi connectivity index (χ0n) is 19.8. The Bertz CT molecular complexity index is 1380. The van der Waals surface area contributed by atoms with Gasteiger partial charge in [0.15, 0.2) is 0 Å². The molecule has 3 heterocycles. The van der Waals surface area contributed by atoms with E-state index in [1.54, 1.807) is 35.0 Å². The number of rotatable bonds is 6. The lowest BCUT2D eigenvalue weighted by Gasteiger charge is -2.33. The molecule has 1 aromatic carbocycles. The first kappa shape index (κ1) is 25.0. The Kier molecular flexibility index (Phi) is 7.26. The molecule has 37 heavy (non-hydrogen) atoms. The Morgan fingerprint density at radius 2 is 1.97 bits per heavy atom. The van der Waals surface area contributed by atoms with Gasteiger partial charge in [-0.3, -0.25) is 14.7 Å². The van der Waals surface area contributed by atoms with Crippen LogP contribution < -0.4 is 10.6 Å². The van der Waals surface area contributed by atoms with Gasteiger partial charge in [0.05, 0.1) is 34.4 Å². The van der Waals surface area contributed by atoms with Crippen LogP contribution in [0.2, 0.25) is 10.0 Å². The van der Waals surface area contributed by atoms with Crippen molar-refractivity contribution in [3.05, 3.63) is 52.4 Å². The van der Waals surface area contributed by atoms with Crippen LogP contribution in [0.25, 0.3) is 17.2 Å². The van der Waals surface area contributed by atoms with Crippen LogP contribution in [0.1, 0.15) is 31.4 Å². The minimum atomic E-state index is -0.449. The second-order valence-electron chi connectivity index (χ2n) is 9.11. The van der Waals surface area contributed by atoms with Gasteiger partial charge in [-0.05, 0) is 49.9 Å². The van der Waals surface area contributed by atoms with E-state index in [9.17, 15) is 14.9 Å². The number of likely N-dealkylation sites (tertiary alicyclic amines) is 1. The minimum absolute atomic E-state index is 0.0911. The van der Waals surface area contributed by atoms with Gasteiger partial charge in [0.1, 0.15) is 11.6 Å². The van der Waals surface area contributed by atoms with Gasteiger partial charge in [0, 0.05) is 36.8 Å². The third-order valence-corrected chi connectivity index (χ3v) is 7.10. The zero-order chi connectivity index (χ0) is 25.9. The second-order valence-corrected chi connectivity index (χ2v) is 9.92. The fraction of sp³-hybridized carbons (Fsp3) is 0.360. The Labute approximate surface area is 223 Å². The predicted molar refractivity (Wildman–Crippen MR) is 138 cm³/mol. The largest absolute Gasteiger partial charge is 0.340 e. The quantitative estimate of drug-likeness (QED) is 0.483. The van der Waals surface area contributed by atoms with E-state index in [0.29, 0.717) is 39.5 Å². The fourth-order valence-corrected chi connectivity index (χ4v) is 4.73. The second kappa shape index (κ2) is 10.7. The Morgan fingerprint density at radius 1 is 1.14 bits per heavy atom. The highest BCUT2D eigenvalue weighted by atomic mass is 35.5. The molecule has 190 valence electrons. The van der Waals surface area contributed by atoms with Gasteiger partial charge in [0.2, 0.25) is 11.9 Å². The molecule has 2 fully saturated rings. The number of carbonyl (C=O) groups excluding carboxylic acids is 2. The summed E-state index contributed by atoms with van der Waals surface area (Å²) in [5, 5.41) is 15.7. The smallest absolute Gasteiger partial charge is 0.321 e. The van der Waals surface area contributed by atoms with Gasteiger partial charge >= 0.3 is 6.03 Å². The molecular weight excluding hydrogens is 515 g/mol. The van der Waals surface area contributed by atoms with Crippen LogP contribution in [0.3, 0.4) is 0 Å². The highest BCUT2D eigenvalue weighted by molar-refractivity contribution is 6.42. The number of nitrogens with zero attached hydrogens (tertiary/aromatic N) is 6. The fourth-order valence-electron chi connectivity index (χ4n) is 4.43. The Balaban J connectivity index is 1.33. The normalized spacial score (nSPS) is 17.2. The first-order valence-corrected chi connectivity index (χ1v) is 12.8. The molecule has 5 rings (SSSR count). The van der Waals surface area contributed by atoms with Gasteiger partial charge in [-0.2, -0.15) is 10.2 Å². The van der Waals surface area contributed by atoms with Crippen molar-refractivity contribution in [2.45, 2.75) is 38.1 Å². The summed E-state index contributed by atoms with van der Waals surface area (Å²) in [5.74, 6) is 1.38. The molecule has 1 saturated heterocycles. The highest BCUT2D eigenvalue weighted by Gasteiger charge is 2.35. The number of nitriles is 1. The first-order valence-electron chi connectivity index (χ1n) is 12.0. The topological polar surface area (TPSA) is 129 Å².